The minimum absolute atomic E-state index is 0. The molecule has 1 aliphatic rings. The van der Waals surface area contributed by atoms with E-state index in [0.29, 0.717) is 19.0 Å². The number of likely N-dealkylation sites (tertiary alicyclic amines) is 1. The van der Waals surface area contributed by atoms with E-state index in [1.165, 1.54) is 12.1 Å². The third-order valence-corrected chi connectivity index (χ3v) is 3.67. The number of benzene rings is 1. The molecule has 1 atom stereocenters. The van der Waals surface area contributed by atoms with Crippen LogP contribution in [0.3, 0.4) is 0 Å². The molecular weight excluding hydrogens is 267 g/mol. The molecule has 1 aliphatic heterocycles. The Morgan fingerprint density at radius 1 is 1.37 bits per heavy atom. The lowest BCUT2D eigenvalue weighted by Gasteiger charge is -2.33. The van der Waals surface area contributed by atoms with E-state index in [4.69, 9.17) is 5.73 Å². The molecule has 1 fully saturated rings. The van der Waals surface area contributed by atoms with E-state index in [1.807, 2.05) is 6.92 Å². The third kappa shape index (κ3) is 3.67. The SMILES string of the molecule is CC(N)C1CCN(C(=O)c2ccccc2F)CC1.Cl. The van der Waals surface area contributed by atoms with Crippen LogP contribution in [0.5, 0.6) is 0 Å². The maximum atomic E-state index is 13.5. The lowest BCUT2D eigenvalue weighted by Crippen LogP contribution is -2.42. The molecule has 0 spiro atoms. The van der Waals surface area contributed by atoms with Crippen LogP contribution in [0.25, 0.3) is 0 Å². The molecule has 0 bridgehead atoms. The molecule has 1 aromatic rings. The quantitative estimate of drug-likeness (QED) is 0.908. The van der Waals surface area contributed by atoms with E-state index in [2.05, 4.69) is 0 Å². The topological polar surface area (TPSA) is 46.3 Å². The predicted molar refractivity (Wildman–Crippen MR) is 75.9 cm³/mol. The van der Waals surface area contributed by atoms with Gasteiger partial charge in [0, 0.05) is 19.1 Å². The number of carbonyl (C=O) groups excluding carboxylic acids is 1. The van der Waals surface area contributed by atoms with Crippen molar-refractivity contribution in [3.8, 4) is 0 Å². The summed E-state index contributed by atoms with van der Waals surface area (Å²) in [7, 11) is 0. The molecule has 0 aromatic heterocycles. The number of rotatable bonds is 2. The second-order valence-corrected chi connectivity index (χ2v) is 4.97. The standard InChI is InChI=1S/C14H19FN2O.ClH/c1-10(16)11-6-8-17(9-7-11)14(18)12-4-2-3-5-13(12)15;/h2-5,10-11H,6-9,16H2,1H3;1H. The van der Waals surface area contributed by atoms with E-state index in [0.717, 1.165) is 12.8 Å². The number of hydrogen-bond donors (Lipinski definition) is 1. The van der Waals surface area contributed by atoms with Crippen molar-refractivity contribution in [1.82, 2.24) is 4.90 Å². The summed E-state index contributed by atoms with van der Waals surface area (Å²) in [6.45, 7) is 3.33. The normalized spacial score (nSPS) is 17.7. The van der Waals surface area contributed by atoms with Crippen LogP contribution >= 0.6 is 12.4 Å². The maximum absolute atomic E-state index is 13.5. The number of amides is 1. The summed E-state index contributed by atoms with van der Waals surface area (Å²) in [6, 6.07) is 6.30. The summed E-state index contributed by atoms with van der Waals surface area (Å²) in [6.07, 6.45) is 1.80. The number of piperidine rings is 1. The van der Waals surface area contributed by atoms with E-state index in [-0.39, 0.29) is 29.9 Å². The van der Waals surface area contributed by atoms with Gasteiger partial charge in [0.25, 0.3) is 5.91 Å². The van der Waals surface area contributed by atoms with E-state index in [1.54, 1.807) is 17.0 Å². The van der Waals surface area contributed by atoms with Gasteiger partial charge in [0.2, 0.25) is 0 Å². The zero-order valence-corrected chi connectivity index (χ0v) is 11.8. The van der Waals surface area contributed by atoms with Gasteiger partial charge in [0.1, 0.15) is 5.82 Å². The molecule has 0 radical (unpaired) electrons. The van der Waals surface area contributed by atoms with E-state index >= 15 is 0 Å². The fraction of sp³-hybridized carbons (Fsp3) is 0.500. The van der Waals surface area contributed by atoms with Crippen LogP contribution in [0.2, 0.25) is 0 Å². The van der Waals surface area contributed by atoms with E-state index in [9.17, 15) is 9.18 Å². The van der Waals surface area contributed by atoms with Crippen LogP contribution in [0.15, 0.2) is 24.3 Å². The molecule has 1 amide bonds. The minimum atomic E-state index is -0.447. The monoisotopic (exact) mass is 286 g/mol. The lowest BCUT2D eigenvalue weighted by molar-refractivity contribution is 0.0676. The highest BCUT2D eigenvalue weighted by molar-refractivity contribution is 5.94. The second-order valence-electron chi connectivity index (χ2n) is 4.97. The highest BCUT2D eigenvalue weighted by Gasteiger charge is 2.26. The molecule has 1 heterocycles. The van der Waals surface area contributed by atoms with Crippen molar-refractivity contribution in [3.63, 3.8) is 0 Å². The van der Waals surface area contributed by atoms with Crippen LogP contribution in [0, 0.1) is 11.7 Å². The van der Waals surface area contributed by atoms with Crippen molar-refractivity contribution in [2.75, 3.05) is 13.1 Å². The largest absolute Gasteiger partial charge is 0.339 e. The molecule has 5 heteroatoms. The molecule has 1 saturated heterocycles. The molecule has 0 saturated carbocycles. The van der Waals surface area contributed by atoms with Crippen LogP contribution < -0.4 is 5.73 Å². The number of hydrogen-bond acceptors (Lipinski definition) is 2. The van der Waals surface area contributed by atoms with Crippen molar-refractivity contribution in [3.05, 3.63) is 35.6 Å². The van der Waals surface area contributed by atoms with Gasteiger partial charge in [-0.05, 0) is 37.8 Å². The van der Waals surface area contributed by atoms with Gasteiger partial charge in [0.05, 0.1) is 5.56 Å². The van der Waals surface area contributed by atoms with Crippen molar-refractivity contribution in [1.29, 1.82) is 0 Å². The molecule has 1 aromatic carbocycles. The summed E-state index contributed by atoms with van der Waals surface area (Å²) in [5, 5.41) is 0. The molecule has 3 nitrogen and oxygen atoms in total. The molecular formula is C14H20ClFN2O. The third-order valence-electron chi connectivity index (χ3n) is 3.67. The van der Waals surface area contributed by atoms with Crippen LogP contribution in [0.4, 0.5) is 4.39 Å². The number of halogens is 2. The summed E-state index contributed by atoms with van der Waals surface area (Å²) in [4.78, 5) is 13.9. The van der Waals surface area contributed by atoms with Gasteiger partial charge in [0.15, 0.2) is 0 Å². The fourth-order valence-corrected chi connectivity index (χ4v) is 2.43. The van der Waals surface area contributed by atoms with Crippen molar-refractivity contribution in [2.24, 2.45) is 11.7 Å². The van der Waals surface area contributed by atoms with Gasteiger partial charge in [-0.3, -0.25) is 4.79 Å². The summed E-state index contributed by atoms with van der Waals surface area (Å²) >= 11 is 0. The zero-order chi connectivity index (χ0) is 13.1. The molecule has 1 unspecified atom stereocenters. The van der Waals surface area contributed by atoms with Crippen molar-refractivity contribution in [2.45, 2.75) is 25.8 Å². The first-order valence-electron chi connectivity index (χ1n) is 6.39. The Morgan fingerprint density at radius 2 is 1.95 bits per heavy atom. The van der Waals surface area contributed by atoms with Gasteiger partial charge < -0.3 is 10.6 Å². The molecule has 19 heavy (non-hydrogen) atoms. The predicted octanol–water partition coefficient (Wildman–Crippen LogP) is 2.45. The maximum Gasteiger partial charge on any atom is 0.256 e. The summed E-state index contributed by atoms with van der Waals surface area (Å²) < 4.78 is 13.5. The Hall–Kier alpha value is -1.13. The molecule has 0 aliphatic carbocycles. The van der Waals surface area contributed by atoms with Gasteiger partial charge in [-0.25, -0.2) is 4.39 Å². The number of nitrogens with zero attached hydrogens (tertiary/aromatic N) is 1. The fourth-order valence-electron chi connectivity index (χ4n) is 2.43. The Morgan fingerprint density at radius 3 is 2.47 bits per heavy atom. The minimum Gasteiger partial charge on any atom is -0.339 e. The lowest BCUT2D eigenvalue weighted by atomic mass is 9.90. The van der Waals surface area contributed by atoms with Crippen LogP contribution in [-0.2, 0) is 0 Å². The smallest absolute Gasteiger partial charge is 0.256 e. The zero-order valence-electron chi connectivity index (χ0n) is 11.0. The van der Waals surface area contributed by atoms with Crippen molar-refractivity contribution < 1.29 is 9.18 Å². The summed E-state index contributed by atoms with van der Waals surface area (Å²) in [5.41, 5.74) is 6.02. The average molecular weight is 287 g/mol. The average Bonchev–Trinajstić information content (AvgIpc) is 2.38. The van der Waals surface area contributed by atoms with Crippen molar-refractivity contribution >= 4 is 18.3 Å². The first kappa shape index (κ1) is 15.9. The Kier molecular flexibility index (Phi) is 5.76. The van der Waals surface area contributed by atoms with Gasteiger partial charge in [-0.1, -0.05) is 12.1 Å². The number of carbonyl (C=O) groups is 1. The van der Waals surface area contributed by atoms with Gasteiger partial charge in [-0.2, -0.15) is 0 Å². The second kappa shape index (κ2) is 6.87. The van der Waals surface area contributed by atoms with Crippen LogP contribution in [-0.4, -0.2) is 29.9 Å². The first-order chi connectivity index (χ1) is 8.59. The van der Waals surface area contributed by atoms with E-state index < -0.39 is 5.82 Å². The van der Waals surface area contributed by atoms with Crippen LogP contribution in [0.1, 0.15) is 30.1 Å². The van der Waals surface area contributed by atoms with Gasteiger partial charge >= 0.3 is 0 Å². The van der Waals surface area contributed by atoms with Gasteiger partial charge in [-0.15, -0.1) is 12.4 Å². The molecule has 2 rings (SSSR count). The Labute approximate surface area is 119 Å². The Bertz CT molecular complexity index is 431. The Balaban J connectivity index is 0.00000180. The highest BCUT2D eigenvalue weighted by Crippen LogP contribution is 2.21. The first-order valence-corrected chi connectivity index (χ1v) is 6.39. The molecule has 106 valence electrons. The highest BCUT2D eigenvalue weighted by atomic mass is 35.5. The number of nitrogens with two attached hydrogens (primary N) is 1. The summed E-state index contributed by atoms with van der Waals surface area (Å²) in [5.74, 6) is -0.192. The molecule has 2 N–H and O–H groups in total.